The molecule has 0 atom stereocenters. The highest BCUT2D eigenvalue weighted by Crippen LogP contribution is 2.30. The molecule has 98 valence electrons. The van der Waals surface area contributed by atoms with Crippen LogP contribution in [-0.2, 0) is 16.0 Å². The van der Waals surface area contributed by atoms with Crippen molar-refractivity contribution >= 4 is 17.3 Å². The van der Waals surface area contributed by atoms with Crippen LogP contribution in [0.25, 0.3) is 0 Å². The van der Waals surface area contributed by atoms with Gasteiger partial charge in [-0.1, -0.05) is 6.07 Å². The Hall–Kier alpha value is -1.71. The summed E-state index contributed by atoms with van der Waals surface area (Å²) in [5.41, 5.74) is 9.01. The molecule has 1 aromatic carbocycles. The van der Waals surface area contributed by atoms with Crippen LogP contribution in [-0.4, -0.2) is 25.2 Å². The third-order valence-corrected chi connectivity index (χ3v) is 3.07. The van der Waals surface area contributed by atoms with Gasteiger partial charge in [-0.3, -0.25) is 4.79 Å². The lowest BCUT2D eigenvalue weighted by Gasteiger charge is -2.31. The van der Waals surface area contributed by atoms with Crippen molar-refractivity contribution in [3.8, 4) is 0 Å². The number of rotatable bonds is 3. The highest BCUT2D eigenvalue weighted by molar-refractivity contribution is 5.78. The molecule has 2 rings (SSSR count). The summed E-state index contributed by atoms with van der Waals surface area (Å²) in [6.07, 6.45) is 1.94. The van der Waals surface area contributed by atoms with Crippen molar-refractivity contribution in [2.24, 2.45) is 0 Å². The van der Waals surface area contributed by atoms with Crippen LogP contribution in [0, 0.1) is 0 Å². The number of hydrogen-bond donors (Lipinski definition) is 1. The van der Waals surface area contributed by atoms with Crippen molar-refractivity contribution in [2.45, 2.75) is 32.8 Å². The normalized spacial score (nSPS) is 14.5. The van der Waals surface area contributed by atoms with Crippen LogP contribution >= 0.6 is 0 Å². The molecule has 1 heterocycles. The second-order valence-corrected chi connectivity index (χ2v) is 4.91. The van der Waals surface area contributed by atoms with E-state index in [2.05, 4.69) is 4.90 Å². The summed E-state index contributed by atoms with van der Waals surface area (Å²) in [4.78, 5) is 13.8. The highest BCUT2D eigenvalue weighted by Gasteiger charge is 2.21. The molecule has 0 spiro atoms. The fraction of sp³-hybridized carbons (Fsp3) is 0.500. The molecule has 18 heavy (non-hydrogen) atoms. The van der Waals surface area contributed by atoms with Gasteiger partial charge in [0.2, 0.25) is 0 Å². The van der Waals surface area contributed by atoms with E-state index in [-0.39, 0.29) is 12.1 Å². The standard InChI is InChI=1S/C14H20N2O2/c1-10(2)18-14(17)9-16-8-4-5-11-12(15)6-3-7-13(11)16/h3,6-7,10H,4-5,8-9,15H2,1-2H3. The van der Waals surface area contributed by atoms with Crippen molar-refractivity contribution in [3.63, 3.8) is 0 Å². The molecule has 2 N–H and O–H groups in total. The van der Waals surface area contributed by atoms with E-state index in [0.29, 0.717) is 6.54 Å². The highest BCUT2D eigenvalue weighted by atomic mass is 16.5. The maximum absolute atomic E-state index is 11.7. The Morgan fingerprint density at radius 3 is 3.00 bits per heavy atom. The van der Waals surface area contributed by atoms with E-state index in [9.17, 15) is 4.79 Å². The van der Waals surface area contributed by atoms with E-state index in [1.54, 1.807) is 0 Å². The molecule has 0 aromatic heterocycles. The van der Waals surface area contributed by atoms with Gasteiger partial charge in [0.1, 0.15) is 6.54 Å². The molecule has 0 radical (unpaired) electrons. The van der Waals surface area contributed by atoms with E-state index in [1.807, 2.05) is 32.0 Å². The van der Waals surface area contributed by atoms with Gasteiger partial charge in [-0.25, -0.2) is 0 Å². The Bertz CT molecular complexity index is 443. The van der Waals surface area contributed by atoms with Crippen molar-refractivity contribution < 1.29 is 9.53 Å². The third-order valence-electron chi connectivity index (χ3n) is 3.07. The average molecular weight is 248 g/mol. The maximum atomic E-state index is 11.7. The average Bonchev–Trinajstić information content (AvgIpc) is 2.29. The smallest absolute Gasteiger partial charge is 0.325 e. The molecule has 0 aliphatic carbocycles. The molecule has 0 saturated carbocycles. The predicted octanol–water partition coefficient (Wildman–Crippen LogP) is 1.97. The molecule has 1 aromatic rings. The quantitative estimate of drug-likeness (QED) is 0.656. The van der Waals surface area contributed by atoms with Gasteiger partial charge in [0.25, 0.3) is 0 Å². The van der Waals surface area contributed by atoms with Gasteiger partial charge < -0.3 is 15.4 Å². The van der Waals surface area contributed by atoms with Crippen LogP contribution in [0.2, 0.25) is 0 Å². The van der Waals surface area contributed by atoms with E-state index in [1.165, 1.54) is 0 Å². The second kappa shape index (κ2) is 5.29. The number of nitrogens with two attached hydrogens (primary N) is 1. The van der Waals surface area contributed by atoms with Gasteiger partial charge >= 0.3 is 5.97 Å². The third kappa shape index (κ3) is 2.75. The van der Waals surface area contributed by atoms with Crippen LogP contribution in [0.5, 0.6) is 0 Å². The summed E-state index contributed by atoms with van der Waals surface area (Å²) in [6, 6.07) is 5.86. The van der Waals surface area contributed by atoms with Crippen LogP contribution < -0.4 is 10.6 Å². The fourth-order valence-electron chi connectivity index (χ4n) is 2.35. The minimum absolute atomic E-state index is 0.0670. The van der Waals surface area contributed by atoms with Crippen LogP contribution in [0.15, 0.2) is 18.2 Å². The van der Waals surface area contributed by atoms with Crippen molar-refractivity contribution in [2.75, 3.05) is 23.7 Å². The van der Waals surface area contributed by atoms with E-state index >= 15 is 0 Å². The number of carbonyl (C=O) groups is 1. The number of anilines is 2. The summed E-state index contributed by atoms with van der Waals surface area (Å²) >= 11 is 0. The van der Waals surface area contributed by atoms with Crippen LogP contribution in [0.3, 0.4) is 0 Å². The molecule has 0 unspecified atom stereocenters. The van der Waals surface area contributed by atoms with Crippen molar-refractivity contribution in [3.05, 3.63) is 23.8 Å². The number of carbonyl (C=O) groups excluding carboxylic acids is 1. The number of nitrogen functional groups attached to an aromatic ring is 1. The molecular weight excluding hydrogens is 228 g/mol. The molecule has 4 heteroatoms. The molecule has 4 nitrogen and oxygen atoms in total. The first-order chi connectivity index (χ1) is 8.58. The molecule has 1 aliphatic heterocycles. The molecule has 0 bridgehead atoms. The molecule has 0 saturated heterocycles. The summed E-state index contributed by atoms with van der Waals surface area (Å²) in [5.74, 6) is -0.180. The van der Waals surface area contributed by atoms with E-state index in [4.69, 9.17) is 10.5 Å². The maximum Gasteiger partial charge on any atom is 0.325 e. The first-order valence-corrected chi connectivity index (χ1v) is 6.39. The number of fused-ring (bicyclic) bond motifs is 1. The Morgan fingerprint density at radius 2 is 2.28 bits per heavy atom. The van der Waals surface area contributed by atoms with E-state index < -0.39 is 0 Å². The first-order valence-electron chi connectivity index (χ1n) is 6.39. The molecule has 0 fully saturated rings. The van der Waals surface area contributed by atoms with Crippen LogP contribution in [0.4, 0.5) is 11.4 Å². The minimum Gasteiger partial charge on any atom is -0.462 e. The first kappa shape index (κ1) is 12.7. The number of hydrogen-bond acceptors (Lipinski definition) is 4. The molecule has 1 aliphatic rings. The van der Waals surface area contributed by atoms with Gasteiger partial charge in [0, 0.05) is 17.9 Å². The fourth-order valence-corrected chi connectivity index (χ4v) is 2.35. The summed E-state index contributed by atoms with van der Waals surface area (Å²) in [6.45, 7) is 4.90. The van der Waals surface area contributed by atoms with Gasteiger partial charge in [-0.05, 0) is 44.4 Å². The zero-order valence-corrected chi connectivity index (χ0v) is 11.0. The predicted molar refractivity (Wildman–Crippen MR) is 72.6 cm³/mol. The number of nitrogens with zero attached hydrogens (tertiary/aromatic N) is 1. The van der Waals surface area contributed by atoms with Gasteiger partial charge in [0.15, 0.2) is 0 Å². The largest absolute Gasteiger partial charge is 0.462 e. The number of esters is 1. The summed E-state index contributed by atoms with van der Waals surface area (Å²) in [7, 11) is 0. The zero-order valence-electron chi connectivity index (χ0n) is 11.0. The monoisotopic (exact) mass is 248 g/mol. The van der Waals surface area contributed by atoms with Crippen molar-refractivity contribution in [1.29, 1.82) is 0 Å². The topological polar surface area (TPSA) is 55.6 Å². The lowest BCUT2D eigenvalue weighted by molar-refractivity contribution is -0.145. The lowest BCUT2D eigenvalue weighted by atomic mass is 10.00. The van der Waals surface area contributed by atoms with E-state index in [0.717, 1.165) is 36.3 Å². The van der Waals surface area contributed by atoms with Gasteiger partial charge in [0.05, 0.1) is 6.10 Å². The van der Waals surface area contributed by atoms with Crippen LogP contribution in [0.1, 0.15) is 25.8 Å². The Morgan fingerprint density at radius 1 is 1.50 bits per heavy atom. The lowest BCUT2D eigenvalue weighted by Crippen LogP contribution is -2.36. The Balaban J connectivity index is 2.13. The SMILES string of the molecule is CC(C)OC(=O)CN1CCCc2c(N)cccc21. The van der Waals surface area contributed by atoms with Gasteiger partial charge in [-0.15, -0.1) is 0 Å². The minimum atomic E-state index is -0.180. The van der Waals surface area contributed by atoms with Gasteiger partial charge in [-0.2, -0.15) is 0 Å². The number of benzene rings is 1. The zero-order chi connectivity index (χ0) is 13.1. The Kier molecular flexibility index (Phi) is 3.75. The Labute approximate surface area is 108 Å². The summed E-state index contributed by atoms with van der Waals surface area (Å²) in [5, 5.41) is 0. The summed E-state index contributed by atoms with van der Waals surface area (Å²) < 4.78 is 5.19. The molecular formula is C14H20N2O2. The number of ether oxygens (including phenoxy) is 1. The second-order valence-electron chi connectivity index (χ2n) is 4.91. The molecule has 0 amide bonds. The van der Waals surface area contributed by atoms with Crippen molar-refractivity contribution in [1.82, 2.24) is 0 Å².